The van der Waals surface area contributed by atoms with Crippen LogP contribution in [0.25, 0.3) is 0 Å². The molecule has 1 unspecified atom stereocenters. The Morgan fingerprint density at radius 3 is 2.80 bits per heavy atom. The summed E-state index contributed by atoms with van der Waals surface area (Å²) in [5.41, 5.74) is 2.12. The van der Waals surface area contributed by atoms with E-state index < -0.39 is 0 Å². The molecule has 4 nitrogen and oxygen atoms in total. The van der Waals surface area contributed by atoms with E-state index in [4.69, 9.17) is 4.84 Å². The number of amides is 1. The zero-order valence-corrected chi connectivity index (χ0v) is 9.93. The predicted molar refractivity (Wildman–Crippen MR) is 59.1 cm³/mol. The maximum Gasteiger partial charge on any atom is 0.248 e. The van der Waals surface area contributed by atoms with Gasteiger partial charge in [-0.3, -0.25) is 9.63 Å². The number of carbonyl (C=O) groups excluding carboxylic acids is 1. The summed E-state index contributed by atoms with van der Waals surface area (Å²) in [4.78, 5) is 16.7. The maximum absolute atomic E-state index is 11.5. The van der Waals surface area contributed by atoms with Crippen LogP contribution in [0.5, 0.6) is 0 Å². The van der Waals surface area contributed by atoms with Crippen LogP contribution >= 0.6 is 0 Å². The molecule has 0 radical (unpaired) electrons. The molecule has 0 aromatic heterocycles. The monoisotopic (exact) mass is 214 g/mol. The van der Waals surface area contributed by atoms with E-state index in [1.807, 2.05) is 20.8 Å². The van der Waals surface area contributed by atoms with Crippen molar-refractivity contribution in [1.82, 2.24) is 10.8 Å². The second-order valence-electron chi connectivity index (χ2n) is 5.20. The molecule has 1 aliphatic heterocycles. The number of hydrogen-bond donors (Lipinski definition) is 2. The number of rotatable bonds is 3. The molecule has 1 atom stereocenters. The third-order valence-corrected chi connectivity index (χ3v) is 2.56. The lowest BCUT2D eigenvalue weighted by atomic mass is 9.96. The van der Waals surface area contributed by atoms with Crippen molar-refractivity contribution in [3.05, 3.63) is 0 Å². The summed E-state index contributed by atoms with van der Waals surface area (Å²) >= 11 is 0. The zero-order chi connectivity index (χ0) is 11.3. The highest BCUT2D eigenvalue weighted by atomic mass is 16.7. The summed E-state index contributed by atoms with van der Waals surface area (Å²) < 4.78 is 0. The van der Waals surface area contributed by atoms with Crippen molar-refractivity contribution in [3.63, 3.8) is 0 Å². The molecule has 0 aromatic carbocycles. The molecule has 15 heavy (non-hydrogen) atoms. The van der Waals surface area contributed by atoms with Crippen LogP contribution in [0, 0.1) is 11.3 Å². The molecule has 1 aliphatic rings. The molecular formula is C11H22N2O2. The van der Waals surface area contributed by atoms with Crippen LogP contribution in [-0.2, 0) is 9.63 Å². The summed E-state index contributed by atoms with van der Waals surface area (Å²) in [6.45, 7) is 8.31. The number of nitrogens with one attached hydrogen (secondary N) is 2. The van der Waals surface area contributed by atoms with Gasteiger partial charge in [-0.1, -0.05) is 20.8 Å². The molecule has 1 heterocycles. The van der Waals surface area contributed by atoms with E-state index in [0.717, 1.165) is 13.1 Å². The van der Waals surface area contributed by atoms with Gasteiger partial charge in [0.05, 0.1) is 6.61 Å². The molecule has 88 valence electrons. The molecule has 0 aromatic rings. The van der Waals surface area contributed by atoms with Gasteiger partial charge in [0.1, 0.15) is 0 Å². The summed E-state index contributed by atoms with van der Waals surface area (Å²) in [5, 5.41) is 3.31. The van der Waals surface area contributed by atoms with Gasteiger partial charge in [0.25, 0.3) is 0 Å². The zero-order valence-electron chi connectivity index (χ0n) is 9.93. The van der Waals surface area contributed by atoms with Gasteiger partial charge in [-0.2, -0.15) is 0 Å². The molecule has 2 N–H and O–H groups in total. The average molecular weight is 214 g/mol. The first-order chi connectivity index (χ1) is 7.00. The van der Waals surface area contributed by atoms with Gasteiger partial charge in [0.2, 0.25) is 5.91 Å². The molecule has 1 fully saturated rings. The van der Waals surface area contributed by atoms with Crippen molar-refractivity contribution in [2.75, 3.05) is 19.7 Å². The highest BCUT2D eigenvalue weighted by Gasteiger charge is 2.21. The van der Waals surface area contributed by atoms with Crippen molar-refractivity contribution in [2.24, 2.45) is 11.3 Å². The third kappa shape index (κ3) is 4.62. The molecule has 1 rings (SSSR count). The van der Waals surface area contributed by atoms with E-state index in [1.165, 1.54) is 12.8 Å². The molecule has 0 spiro atoms. The molecular weight excluding hydrogens is 192 g/mol. The van der Waals surface area contributed by atoms with Crippen molar-refractivity contribution in [2.45, 2.75) is 33.6 Å². The fourth-order valence-electron chi connectivity index (χ4n) is 1.44. The quantitative estimate of drug-likeness (QED) is 0.691. The maximum atomic E-state index is 11.5. The Labute approximate surface area is 91.7 Å². The summed E-state index contributed by atoms with van der Waals surface area (Å²) in [6, 6.07) is 0. The van der Waals surface area contributed by atoms with Crippen LogP contribution in [0.4, 0.5) is 0 Å². The lowest BCUT2D eigenvalue weighted by molar-refractivity contribution is -0.142. The van der Waals surface area contributed by atoms with E-state index in [0.29, 0.717) is 12.5 Å². The van der Waals surface area contributed by atoms with Gasteiger partial charge in [-0.15, -0.1) is 0 Å². The Kier molecular flexibility index (Phi) is 4.54. The standard InChI is InChI=1S/C11H22N2O2/c1-11(2,3)10(14)13-15-8-9-5-4-6-12-7-9/h9,12H,4-8H2,1-3H3,(H,13,14). The van der Waals surface area contributed by atoms with Crippen molar-refractivity contribution in [3.8, 4) is 0 Å². The van der Waals surface area contributed by atoms with E-state index >= 15 is 0 Å². The molecule has 4 heteroatoms. The smallest absolute Gasteiger partial charge is 0.248 e. The highest BCUT2D eigenvalue weighted by molar-refractivity contribution is 5.80. The number of hydrogen-bond acceptors (Lipinski definition) is 3. The number of hydroxylamine groups is 1. The largest absolute Gasteiger partial charge is 0.316 e. The average Bonchev–Trinajstić information content (AvgIpc) is 2.18. The van der Waals surface area contributed by atoms with E-state index in [9.17, 15) is 4.79 Å². The fraction of sp³-hybridized carbons (Fsp3) is 0.909. The van der Waals surface area contributed by atoms with Crippen LogP contribution < -0.4 is 10.8 Å². The Balaban J connectivity index is 2.12. The lowest BCUT2D eigenvalue weighted by Crippen LogP contribution is -2.38. The molecule has 0 saturated carbocycles. The van der Waals surface area contributed by atoms with Crippen LogP contribution in [0.1, 0.15) is 33.6 Å². The first kappa shape index (κ1) is 12.5. The van der Waals surface area contributed by atoms with Gasteiger partial charge >= 0.3 is 0 Å². The number of carbonyl (C=O) groups is 1. The predicted octanol–water partition coefficient (Wildman–Crippen LogP) is 1.08. The van der Waals surface area contributed by atoms with Crippen LogP contribution in [0.15, 0.2) is 0 Å². The highest BCUT2D eigenvalue weighted by Crippen LogP contribution is 2.13. The second-order valence-corrected chi connectivity index (χ2v) is 5.20. The minimum atomic E-state index is -0.384. The van der Waals surface area contributed by atoms with E-state index in [2.05, 4.69) is 10.8 Å². The Bertz CT molecular complexity index is 205. The van der Waals surface area contributed by atoms with Crippen LogP contribution in [-0.4, -0.2) is 25.6 Å². The van der Waals surface area contributed by atoms with Crippen molar-refractivity contribution in [1.29, 1.82) is 0 Å². The van der Waals surface area contributed by atoms with Crippen LogP contribution in [0.2, 0.25) is 0 Å². The van der Waals surface area contributed by atoms with E-state index in [1.54, 1.807) is 0 Å². The van der Waals surface area contributed by atoms with Gasteiger partial charge in [0.15, 0.2) is 0 Å². The first-order valence-electron chi connectivity index (χ1n) is 5.63. The topological polar surface area (TPSA) is 50.4 Å². The SMILES string of the molecule is CC(C)(C)C(=O)NOCC1CCCNC1. The lowest BCUT2D eigenvalue weighted by Gasteiger charge is -2.23. The first-order valence-corrected chi connectivity index (χ1v) is 5.63. The molecule has 0 aliphatic carbocycles. The fourth-order valence-corrected chi connectivity index (χ4v) is 1.44. The summed E-state index contributed by atoms with van der Waals surface area (Å²) in [5.74, 6) is 0.463. The molecule has 1 amide bonds. The Morgan fingerprint density at radius 2 is 2.27 bits per heavy atom. The van der Waals surface area contributed by atoms with E-state index in [-0.39, 0.29) is 11.3 Å². The number of piperidine rings is 1. The normalized spacial score (nSPS) is 22.5. The van der Waals surface area contributed by atoms with Crippen molar-refractivity contribution < 1.29 is 9.63 Å². The van der Waals surface area contributed by atoms with Gasteiger partial charge in [0, 0.05) is 12.0 Å². The molecule has 0 bridgehead atoms. The minimum Gasteiger partial charge on any atom is -0.316 e. The Hall–Kier alpha value is -0.610. The summed E-state index contributed by atoms with van der Waals surface area (Å²) in [6.07, 6.45) is 2.37. The summed E-state index contributed by atoms with van der Waals surface area (Å²) in [7, 11) is 0. The van der Waals surface area contributed by atoms with Crippen LogP contribution in [0.3, 0.4) is 0 Å². The van der Waals surface area contributed by atoms with Gasteiger partial charge in [-0.05, 0) is 25.3 Å². The van der Waals surface area contributed by atoms with Crippen molar-refractivity contribution >= 4 is 5.91 Å². The Morgan fingerprint density at radius 1 is 1.53 bits per heavy atom. The third-order valence-electron chi connectivity index (χ3n) is 2.56. The minimum absolute atomic E-state index is 0.0636. The van der Waals surface area contributed by atoms with Gasteiger partial charge < -0.3 is 5.32 Å². The molecule has 1 saturated heterocycles. The second kappa shape index (κ2) is 5.47. The van der Waals surface area contributed by atoms with Gasteiger partial charge in [-0.25, -0.2) is 5.48 Å².